The molecule has 3 heteroatoms. The van der Waals surface area contributed by atoms with E-state index in [1.54, 1.807) is 7.11 Å². The first kappa shape index (κ1) is 13.9. The van der Waals surface area contributed by atoms with Crippen LogP contribution < -0.4 is 4.74 Å². The van der Waals surface area contributed by atoms with Gasteiger partial charge in [0.15, 0.2) is 0 Å². The van der Waals surface area contributed by atoms with E-state index in [0.29, 0.717) is 0 Å². The number of carboxylic acid groups (broad SMARTS) is 1. The topological polar surface area (TPSA) is 46.5 Å². The molecular weight excluding hydrogens is 240 g/mol. The summed E-state index contributed by atoms with van der Waals surface area (Å²) in [6.45, 7) is 8.31. The fraction of sp³-hybridized carbons (Fsp3) is 0.562. The van der Waals surface area contributed by atoms with Crippen LogP contribution in [0.3, 0.4) is 0 Å². The Morgan fingerprint density at radius 1 is 1.32 bits per heavy atom. The van der Waals surface area contributed by atoms with E-state index in [2.05, 4.69) is 20.8 Å². The number of ether oxygens (including phenoxy) is 1. The lowest BCUT2D eigenvalue weighted by Gasteiger charge is -2.25. The van der Waals surface area contributed by atoms with Crippen molar-refractivity contribution in [2.75, 3.05) is 7.11 Å². The number of carboxylic acids is 1. The monoisotopic (exact) mass is 262 g/mol. The van der Waals surface area contributed by atoms with Crippen LogP contribution in [0.1, 0.15) is 50.3 Å². The van der Waals surface area contributed by atoms with Gasteiger partial charge in [0, 0.05) is 0 Å². The molecule has 1 saturated carbocycles. The van der Waals surface area contributed by atoms with Crippen molar-refractivity contribution in [2.45, 2.75) is 51.4 Å². The molecule has 0 spiro atoms. The summed E-state index contributed by atoms with van der Waals surface area (Å²) >= 11 is 0. The molecule has 1 aromatic carbocycles. The number of methoxy groups -OCH3 is 1. The summed E-state index contributed by atoms with van der Waals surface area (Å²) in [5, 5.41) is 9.47. The van der Waals surface area contributed by atoms with Gasteiger partial charge in [0.25, 0.3) is 0 Å². The first-order chi connectivity index (χ1) is 8.72. The smallest absolute Gasteiger partial charge is 0.314 e. The summed E-state index contributed by atoms with van der Waals surface area (Å²) < 4.78 is 5.45. The molecule has 3 nitrogen and oxygen atoms in total. The Balaban J connectivity index is 2.62. The van der Waals surface area contributed by atoms with Gasteiger partial charge >= 0.3 is 5.97 Å². The Labute approximate surface area is 114 Å². The van der Waals surface area contributed by atoms with Crippen LogP contribution in [-0.4, -0.2) is 18.2 Å². The Hall–Kier alpha value is -1.51. The molecule has 1 aliphatic carbocycles. The first-order valence-corrected chi connectivity index (χ1v) is 6.65. The van der Waals surface area contributed by atoms with E-state index >= 15 is 0 Å². The minimum Gasteiger partial charge on any atom is -0.496 e. The van der Waals surface area contributed by atoms with Crippen LogP contribution >= 0.6 is 0 Å². The normalized spacial score (nSPS) is 17.1. The third kappa shape index (κ3) is 2.22. The van der Waals surface area contributed by atoms with Crippen LogP contribution in [0.4, 0.5) is 0 Å². The molecule has 0 saturated heterocycles. The largest absolute Gasteiger partial charge is 0.496 e. The minimum absolute atomic E-state index is 0.0671. The third-order valence-electron chi connectivity index (χ3n) is 4.03. The molecule has 104 valence electrons. The van der Waals surface area contributed by atoms with Crippen molar-refractivity contribution in [2.24, 2.45) is 0 Å². The van der Waals surface area contributed by atoms with E-state index in [-0.39, 0.29) is 5.41 Å². The van der Waals surface area contributed by atoms with E-state index in [1.165, 1.54) is 0 Å². The van der Waals surface area contributed by atoms with E-state index < -0.39 is 11.4 Å². The van der Waals surface area contributed by atoms with Gasteiger partial charge in [-0.15, -0.1) is 0 Å². The maximum Gasteiger partial charge on any atom is 0.314 e. The number of benzene rings is 1. The van der Waals surface area contributed by atoms with E-state index in [1.807, 2.05) is 19.1 Å². The van der Waals surface area contributed by atoms with Crippen molar-refractivity contribution in [3.05, 3.63) is 28.8 Å². The van der Waals surface area contributed by atoms with Gasteiger partial charge in [0.1, 0.15) is 5.75 Å². The van der Waals surface area contributed by atoms with Gasteiger partial charge < -0.3 is 9.84 Å². The van der Waals surface area contributed by atoms with Gasteiger partial charge in [-0.3, -0.25) is 4.79 Å². The van der Waals surface area contributed by atoms with Crippen molar-refractivity contribution < 1.29 is 14.6 Å². The lowest BCUT2D eigenvalue weighted by molar-refractivity contribution is -0.140. The fourth-order valence-electron chi connectivity index (χ4n) is 2.68. The Morgan fingerprint density at radius 3 is 2.26 bits per heavy atom. The van der Waals surface area contributed by atoms with Crippen molar-refractivity contribution in [3.8, 4) is 5.75 Å². The van der Waals surface area contributed by atoms with Crippen molar-refractivity contribution in [1.82, 2.24) is 0 Å². The molecular formula is C16H22O3. The van der Waals surface area contributed by atoms with E-state index in [4.69, 9.17) is 4.74 Å². The molecule has 0 amide bonds. The third-order valence-corrected chi connectivity index (χ3v) is 4.03. The average Bonchev–Trinajstić information content (AvgIpc) is 3.08. The quantitative estimate of drug-likeness (QED) is 0.908. The standard InChI is InChI=1S/C16H22O3/c1-10-8-13(19-5)12(15(2,3)4)9-11(10)16(6-7-16)14(17)18/h8-9H,6-7H2,1-5H3,(H,17,18). The fourth-order valence-corrected chi connectivity index (χ4v) is 2.68. The molecule has 1 aliphatic rings. The van der Waals surface area contributed by atoms with Crippen molar-refractivity contribution >= 4 is 5.97 Å². The molecule has 2 rings (SSSR count). The molecule has 0 radical (unpaired) electrons. The molecule has 19 heavy (non-hydrogen) atoms. The molecule has 0 heterocycles. The summed E-state index contributed by atoms with van der Waals surface area (Å²) in [6.07, 6.45) is 1.47. The summed E-state index contributed by atoms with van der Waals surface area (Å²) in [5.74, 6) is 0.135. The number of hydrogen-bond donors (Lipinski definition) is 1. The first-order valence-electron chi connectivity index (χ1n) is 6.65. The maximum absolute atomic E-state index is 11.5. The second kappa shape index (κ2) is 4.26. The lowest BCUT2D eigenvalue weighted by atomic mass is 9.81. The van der Waals surface area contributed by atoms with Gasteiger partial charge in [-0.25, -0.2) is 0 Å². The zero-order valence-electron chi connectivity index (χ0n) is 12.3. The molecule has 0 unspecified atom stereocenters. The number of rotatable bonds is 3. The SMILES string of the molecule is COc1cc(C)c(C2(C(=O)O)CC2)cc1C(C)(C)C. The maximum atomic E-state index is 11.5. The summed E-state index contributed by atoms with van der Waals surface area (Å²) in [6, 6.07) is 4.01. The number of aryl methyl sites for hydroxylation is 1. The Bertz CT molecular complexity index is 520. The van der Waals surface area contributed by atoms with Crippen LogP contribution in [-0.2, 0) is 15.6 Å². The number of aliphatic carboxylic acids is 1. The lowest BCUT2D eigenvalue weighted by Crippen LogP contribution is -2.22. The second-order valence-corrected chi connectivity index (χ2v) is 6.50. The van der Waals surface area contributed by atoms with Crippen molar-refractivity contribution in [3.63, 3.8) is 0 Å². The summed E-state index contributed by atoms with van der Waals surface area (Å²) in [7, 11) is 1.66. The average molecular weight is 262 g/mol. The zero-order valence-corrected chi connectivity index (χ0v) is 12.3. The molecule has 0 aliphatic heterocycles. The number of hydrogen-bond acceptors (Lipinski definition) is 2. The van der Waals surface area contributed by atoms with E-state index in [0.717, 1.165) is 35.3 Å². The minimum atomic E-state index is -0.708. The van der Waals surface area contributed by atoms with Gasteiger partial charge in [0.2, 0.25) is 0 Å². The van der Waals surface area contributed by atoms with Gasteiger partial charge in [-0.2, -0.15) is 0 Å². The predicted octanol–water partition coefficient (Wildman–Crippen LogP) is 3.42. The van der Waals surface area contributed by atoms with Crippen LogP contribution in [0.15, 0.2) is 12.1 Å². The Kier molecular flexibility index (Phi) is 3.12. The molecule has 0 bridgehead atoms. The highest BCUT2D eigenvalue weighted by molar-refractivity contribution is 5.85. The van der Waals surface area contributed by atoms with Crippen LogP contribution in [0.5, 0.6) is 5.75 Å². The highest BCUT2D eigenvalue weighted by Crippen LogP contribution is 2.51. The number of carbonyl (C=O) groups is 1. The van der Waals surface area contributed by atoms with Crippen LogP contribution in [0, 0.1) is 6.92 Å². The highest BCUT2D eigenvalue weighted by Gasteiger charge is 2.52. The molecule has 1 N–H and O–H groups in total. The Morgan fingerprint density at radius 2 is 1.89 bits per heavy atom. The summed E-state index contributed by atoms with van der Waals surface area (Å²) in [5.41, 5.74) is 2.30. The van der Waals surface area contributed by atoms with Gasteiger partial charge in [-0.05, 0) is 47.9 Å². The second-order valence-electron chi connectivity index (χ2n) is 6.50. The van der Waals surface area contributed by atoms with Gasteiger partial charge in [-0.1, -0.05) is 26.8 Å². The van der Waals surface area contributed by atoms with Crippen LogP contribution in [0.2, 0.25) is 0 Å². The molecule has 0 atom stereocenters. The summed E-state index contributed by atoms with van der Waals surface area (Å²) in [4.78, 5) is 11.5. The molecule has 1 aromatic rings. The van der Waals surface area contributed by atoms with Crippen molar-refractivity contribution in [1.29, 1.82) is 0 Å². The van der Waals surface area contributed by atoms with Gasteiger partial charge in [0.05, 0.1) is 12.5 Å². The predicted molar refractivity (Wildman–Crippen MR) is 75.0 cm³/mol. The highest BCUT2D eigenvalue weighted by atomic mass is 16.5. The molecule has 0 aromatic heterocycles. The van der Waals surface area contributed by atoms with E-state index in [9.17, 15) is 9.90 Å². The van der Waals surface area contributed by atoms with Crippen LogP contribution in [0.25, 0.3) is 0 Å². The zero-order chi connectivity index (χ0) is 14.4. The molecule has 1 fully saturated rings.